The van der Waals surface area contributed by atoms with Gasteiger partial charge in [-0.05, 0) is 34.1 Å². The van der Waals surface area contributed by atoms with Crippen LogP contribution in [-0.2, 0) is 6.54 Å². The molecular formula is C14H12BrF2NO. The standard InChI is InChI=1S/C14H12BrF2NO/c1-19-10-6-5-9(13(17)7-10)8-18-14-11(15)3-2-4-12(14)16/h2-7,18H,8H2,1H3. The molecule has 2 rings (SSSR count). The predicted molar refractivity (Wildman–Crippen MR) is 74.4 cm³/mol. The molecule has 0 fully saturated rings. The summed E-state index contributed by atoms with van der Waals surface area (Å²) in [7, 11) is 1.48. The number of anilines is 1. The van der Waals surface area contributed by atoms with Crippen molar-refractivity contribution in [2.75, 3.05) is 12.4 Å². The van der Waals surface area contributed by atoms with Crippen molar-refractivity contribution < 1.29 is 13.5 Å². The number of hydrogen-bond donors (Lipinski definition) is 1. The molecule has 1 N–H and O–H groups in total. The van der Waals surface area contributed by atoms with E-state index in [0.717, 1.165) is 0 Å². The number of nitrogens with one attached hydrogen (secondary N) is 1. The van der Waals surface area contributed by atoms with Crippen molar-refractivity contribution in [3.63, 3.8) is 0 Å². The van der Waals surface area contributed by atoms with Gasteiger partial charge in [-0.2, -0.15) is 0 Å². The summed E-state index contributed by atoms with van der Waals surface area (Å²) in [5.41, 5.74) is 0.758. The van der Waals surface area contributed by atoms with Crippen LogP contribution in [0.1, 0.15) is 5.56 Å². The molecule has 0 aliphatic heterocycles. The quantitative estimate of drug-likeness (QED) is 0.901. The van der Waals surface area contributed by atoms with Gasteiger partial charge in [0, 0.05) is 22.6 Å². The zero-order chi connectivity index (χ0) is 13.8. The van der Waals surface area contributed by atoms with Crippen LogP contribution in [0.4, 0.5) is 14.5 Å². The maximum atomic E-state index is 13.7. The van der Waals surface area contributed by atoms with E-state index in [4.69, 9.17) is 4.74 Å². The first-order valence-electron chi connectivity index (χ1n) is 5.62. The van der Waals surface area contributed by atoms with Gasteiger partial charge in [-0.3, -0.25) is 0 Å². The van der Waals surface area contributed by atoms with E-state index >= 15 is 0 Å². The molecule has 0 amide bonds. The van der Waals surface area contributed by atoms with Crippen molar-refractivity contribution in [3.8, 4) is 5.75 Å². The smallest absolute Gasteiger partial charge is 0.147 e. The molecule has 0 aliphatic carbocycles. The first-order valence-corrected chi connectivity index (χ1v) is 6.41. The maximum Gasteiger partial charge on any atom is 0.147 e. The Labute approximate surface area is 118 Å². The second kappa shape index (κ2) is 6.02. The Balaban J connectivity index is 2.15. The number of ether oxygens (including phenoxy) is 1. The summed E-state index contributed by atoms with van der Waals surface area (Å²) in [6, 6.07) is 9.23. The molecule has 2 aromatic carbocycles. The van der Waals surface area contributed by atoms with Crippen molar-refractivity contribution in [1.29, 1.82) is 0 Å². The first kappa shape index (κ1) is 13.8. The third kappa shape index (κ3) is 3.23. The summed E-state index contributed by atoms with van der Waals surface area (Å²) in [5, 5.41) is 2.87. The van der Waals surface area contributed by atoms with Gasteiger partial charge in [-0.15, -0.1) is 0 Å². The summed E-state index contributed by atoms with van der Waals surface area (Å²) >= 11 is 3.25. The van der Waals surface area contributed by atoms with Gasteiger partial charge in [-0.25, -0.2) is 8.78 Å². The SMILES string of the molecule is COc1ccc(CNc2c(F)cccc2Br)c(F)c1. The van der Waals surface area contributed by atoms with E-state index in [9.17, 15) is 8.78 Å². The fourth-order valence-electron chi connectivity index (χ4n) is 1.65. The molecule has 0 heterocycles. The van der Waals surface area contributed by atoms with E-state index < -0.39 is 0 Å². The van der Waals surface area contributed by atoms with Crippen LogP contribution >= 0.6 is 15.9 Å². The minimum absolute atomic E-state index is 0.190. The van der Waals surface area contributed by atoms with Gasteiger partial charge in [0.25, 0.3) is 0 Å². The molecule has 0 atom stereocenters. The lowest BCUT2D eigenvalue weighted by molar-refractivity contribution is 0.411. The van der Waals surface area contributed by atoms with Crippen molar-refractivity contribution in [1.82, 2.24) is 0 Å². The fourth-order valence-corrected chi connectivity index (χ4v) is 2.13. The minimum Gasteiger partial charge on any atom is -0.497 e. The van der Waals surface area contributed by atoms with Gasteiger partial charge in [-0.1, -0.05) is 12.1 Å². The molecule has 5 heteroatoms. The second-order valence-corrected chi connectivity index (χ2v) is 4.76. The highest BCUT2D eigenvalue weighted by atomic mass is 79.9. The number of hydrogen-bond acceptors (Lipinski definition) is 2. The molecule has 0 aliphatic rings. The minimum atomic E-state index is -0.390. The monoisotopic (exact) mass is 327 g/mol. The van der Waals surface area contributed by atoms with Crippen LogP contribution in [0.25, 0.3) is 0 Å². The molecule has 100 valence electrons. The summed E-state index contributed by atoms with van der Waals surface area (Å²) in [6.07, 6.45) is 0. The highest BCUT2D eigenvalue weighted by Crippen LogP contribution is 2.26. The Morgan fingerprint density at radius 2 is 1.95 bits per heavy atom. The van der Waals surface area contributed by atoms with Crippen molar-refractivity contribution in [2.45, 2.75) is 6.54 Å². The summed E-state index contributed by atoms with van der Waals surface area (Å²) in [6.45, 7) is 0.190. The lowest BCUT2D eigenvalue weighted by Gasteiger charge is -2.11. The molecule has 2 nitrogen and oxygen atoms in total. The molecular weight excluding hydrogens is 316 g/mol. The third-order valence-corrected chi connectivity index (χ3v) is 3.34. The largest absolute Gasteiger partial charge is 0.497 e. The molecule has 0 aromatic heterocycles. The van der Waals surface area contributed by atoms with Crippen LogP contribution < -0.4 is 10.1 Å². The van der Waals surface area contributed by atoms with E-state index in [1.54, 1.807) is 24.3 Å². The number of para-hydroxylation sites is 1. The van der Waals surface area contributed by atoms with Crippen molar-refractivity contribution in [3.05, 3.63) is 58.1 Å². The lowest BCUT2D eigenvalue weighted by atomic mass is 10.2. The molecule has 0 unspecified atom stereocenters. The normalized spacial score (nSPS) is 10.3. The molecule has 2 aromatic rings. The molecule has 0 saturated heterocycles. The Kier molecular flexibility index (Phi) is 4.37. The van der Waals surface area contributed by atoms with Crippen molar-refractivity contribution in [2.24, 2.45) is 0 Å². The van der Waals surface area contributed by atoms with Crippen molar-refractivity contribution >= 4 is 21.6 Å². The van der Waals surface area contributed by atoms with Crippen LogP contribution in [0.15, 0.2) is 40.9 Å². The summed E-state index contributed by atoms with van der Waals surface area (Å²) in [5.74, 6) is -0.323. The average molecular weight is 328 g/mol. The highest BCUT2D eigenvalue weighted by molar-refractivity contribution is 9.10. The van der Waals surface area contributed by atoms with Crippen LogP contribution in [0.5, 0.6) is 5.75 Å². The van der Waals surface area contributed by atoms with Gasteiger partial charge in [0.1, 0.15) is 17.4 Å². The highest BCUT2D eigenvalue weighted by Gasteiger charge is 2.08. The second-order valence-electron chi connectivity index (χ2n) is 3.91. The van der Waals surface area contributed by atoms with Gasteiger partial charge in [0.05, 0.1) is 12.8 Å². The van der Waals surface area contributed by atoms with Crippen LogP contribution in [0.3, 0.4) is 0 Å². The van der Waals surface area contributed by atoms with Gasteiger partial charge in [0.15, 0.2) is 0 Å². The zero-order valence-corrected chi connectivity index (χ0v) is 11.8. The van der Waals surface area contributed by atoms with E-state index in [0.29, 0.717) is 21.5 Å². The predicted octanol–water partition coefficient (Wildman–Crippen LogP) is 4.35. The Morgan fingerprint density at radius 1 is 1.16 bits per heavy atom. The maximum absolute atomic E-state index is 13.7. The third-order valence-electron chi connectivity index (χ3n) is 2.68. The molecule has 0 saturated carbocycles. The Bertz CT molecular complexity index is 569. The molecule has 0 bridgehead atoms. The molecule has 0 radical (unpaired) electrons. The topological polar surface area (TPSA) is 21.3 Å². The van der Waals surface area contributed by atoms with E-state index in [1.807, 2.05) is 0 Å². The number of benzene rings is 2. The van der Waals surface area contributed by atoms with Crippen LogP contribution in [0.2, 0.25) is 0 Å². The van der Waals surface area contributed by atoms with Crippen LogP contribution in [-0.4, -0.2) is 7.11 Å². The van der Waals surface area contributed by atoms with E-state index in [1.165, 1.54) is 19.2 Å². The molecule has 0 spiro atoms. The summed E-state index contributed by atoms with van der Waals surface area (Å²) in [4.78, 5) is 0. The Hall–Kier alpha value is -1.62. The first-order chi connectivity index (χ1) is 9.11. The van der Waals surface area contributed by atoms with Gasteiger partial charge in [0.2, 0.25) is 0 Å². The van der Waals surface area contributed by atoms with Crippen LogP contribution in [0, 0.1) is 11.6 Å². The van der Waals surface area contributed by atoms with E-state index in [2.05, 4.69) is 21.2 Å². The summed E-state index contributed by atoms with van der Waals surface area (Å²) < 4.78 is 32.8. The average Bonchev–Trinajstić information content (AvgIpc) is 2.39. The number of methoxy groups -OCH3 is 1. The van der Waals surface area contributed by atoms with E-state index in [-0.39, 0.29) is 18.2 Å². The molecule has 19 heavy (non-hydrogen) atoms. The zero-order valence-electron chi connectivity index (χ0n) is 10.2. The van der Waals surface area contributed by atoms with Gasteiger partial charge < -0.3 is 10.1 Å². The lowest BCUT2D eigenvalue weighted by Crippen LogP contribution is -2.04. The number of rotatable bonds is 4. The Morgan fingerprint density at radius 3 is 2.58 bits per heavy atom. The van der Waals surface area contributed by atoms with Gasteiger partial charge >= 0.3 is 0 Å². The number of halogens is 3. The fraction of sp³-hybridized carbons (Fsp3) is 0.143.